The van der Waals surface area contributed by atoms with Gasteiger partial charge in [0.1, 0.15) is 0 Å². The van der Waals surface area contributed by atoms with Crippen LogP contribution in [0.2, 0.25) is 0 Å². The molecule has 0 bridgehead atoms. The van der Waals surface area contributed by atoms with Crippen molar-refractivity contribution in [1.29, 1.82) is 5.26 Å². The number of nitriles is 1. The average molecular weight is 298 g/mol. The summed E-state index contributed by atoms with van der Waals surface area (Å²) < 4.78 is 26.5. The molecule has 0 aromatic heterocycles. The van der Waals surface area contributed by atoms with E-state index in [-0.39, 0.29) is 11.7 Å². The summed E-state index contributed by atoms with van der Waals surface area (Å²) in [6.45, 7) is 2.43. The van der Waals surface area contributed by atoms with Crippen molar-refractivity contribution >= 4 is 21.8 Å². The number of nitrogens with zero attached hydrogens (tertiary/aromatic N) is 1. The maximum Gasteiger partial charge on any atom is 0.215 e. The first-order chi connectivity index (χ1) is 8.98. The van der Waals surface area contributed by atoms with Crippen LogP contribution < -0.4 is 4.72 Å². The molecule has 1 aromatic rings. The molecule has 0 saturated carbocycles. The van der Waals surface area contributed by atoms with Crippen LogP contribution in [0.5, 0.6) is 0 Å². The highest BCUT2D eigenvalue weighted by Crippen LogP contribution is 2.11. The van der Waals surface area contributed by atoms with Gasteiger partial charge in [-0.05, 0) is 29.6 Å². The van der Waals surface area contributed by atoms with Crippen molar-refractivity contribution in [3.05, 3.63) is 35.4 Å². The number of rotatable bonds is 7. The van der Waals surface area contributed by atoms with Crippen molar-refractivity contribution in [2.45, 2.75) is 12.7 Å². The van der Waals surface area contributed by atoms with Crippen molar-refractivity contribution < 1.29 is 8.42 Å². The van der Waals surface area contributed by atoms with Gasteiger partial charge in [-0.15, -0.1) is 0 Å². The SMILES string of the molecule is CSCC(C)CNS(=O)(=O)Cc1ccccc1C#N. The minimum Gasteiger partial charge on any atom is -0.215 e. The zero-order valence-corrected chi connectivity index (χ0v) is 12.7. The quantitative estimate of drug-likeness (QED) is 0.835. The summed E-state index contributed by atoms with van der Waals surface area (Å²) in [4.78, 5) is 0. The van der Waals surface area contributed by atoms with Gasteiger partial charge in [-0.3, -0.25) is 0 Å². The van der Waals surface area contributed by atoms with Crippen molar-refractivity contribution in [2.24, 2.45) is 5.92 Å². The van der Waals surface area contributed by atoms with Crippen LogP contribution >= 0.6 is 11.8 Å². The summed E-state index contributed by atoms with van der Waals surface area (Å²) in [7, 11) is -3.39. The molecule has 1 aromatic carbocycles. The van der Waals surface area contributed by atoms with Crippen molar-refractivity contribution in [3.63, 3.8) is 0 Å². The molecule has 0 heterocycles. The Morgan fingerprint density at radius 3 is 2.74 bits per heavy atom. The van der Waals surface area contributed by atoms with E-state index < -0.39 is 10.0 Å². The van der Waals surface area contributed by atoms with Gasteiger partial charge in [0.25, 0.3) is 0 Å². The van der Waals surface area contributed by atoms with E-state index in [9.17, 15) is 8.42 Å². The molecule has 19 heavy (non-hydrogen) atoms. The molecular weight excluding hydrogens is 280 g/mol. The van der Waals surface area contributed by atoms with E-state index in [2.05, 4.69) is 4.72 Å². The van der Waals surface area contributed by atoms with Gasteiger partial charge in [-0.1, -0.05) is 25.1 Å². The third kappa shape index (κ3) is 5.64. The number of nitrogens with one attached hydrogen (secondary N) is 1. The Morgan fingerprint density at radius 1 is 1.42 bits per heavy atom. The Kier molecular flexibility index (Phi) is 6.35. The molecule has 0 saturated heterocycles. The highest BCUT2D eigenvalue weighted by Gasteiger charge is 2.15. The van der Waals surface area contributed by atoms with Crippen LogP contribution in [-0.4, -0.2) is 27.0 Å². The smallest absolute Gasteiger partial charge is 0.215 e. The zero-order valence-electron chi connectivity index (χ0n) is 11.1. The molecular formula is C13H18N2O2S2. The largest absolute Gasteiger partial charge is 0.215 e. The Bertz CT molecular complexity index is 550. The van der Waals surface area contributed by atoms with E-state index >= 15 is 0 Å². The molecule has 1 unspecified atom stereocenters. The van der Waals surface area contributed by atoms with Crippen LogP contribution in [-0.2, 0) is 15.8 Å². The lowest BCUT2D eigenvalue weighted by Crippen LogP contribution is -2.30. The second kappa shape index (κ2) is 7.53. The summed E-state index contributed by atoms with van der Waals surface area (Å²) in [5.41, 5.74) is 0.944. The van der Waals surface area contributed by atoms with Gasteiger partial charge >= 0.3 is 0 Å². The van der Waals surface area contributed by atoms with Crippen LogP contribution in [0.25, 0.3) is 0 Å². The normalized spacial score (nSPS) is 12.9. The molecule has 0 spiro atoms. The Morgan fingerprint density at radius 2 is 2.11 bits per heavy atom. The predicted molar refractivity (Wildman–Crippen MR) is 79.3 cm³/mol. The average Bonchev–Trinajstić information content (AvgIpc) is 2.37. The summed E-state index contributed by atoms with van der Waals surface area (Å²) in [6, 6.07) is 8.77. The lowest BCUT2D eigenvalue weighted by molar-refractivity contribution is 0.562. The van der Waals surface area contributed by atoms with Crippen molar-refractivity contribution in [3.8, 4) is 6.07 Å². The van der Waals surface area contributed by atoms with E-state index in [4.69, 9.17) is 5.26 Å². The summed E-state index contributed by atoms with van der Waals surface area (Å²) in [5, 5.41) is 8.94. The number of benzene rings is 1. The molecule has 0 aliphatic rings. The van der Waals surface area contributed by atoms with Crippen LogP contribution in [0.1, 0.15) is 18.1 Å². The van der Waals surface area contributed by atoms with E-state index in [0.717, 1.165) is 5.75 Å². The van der Waals surface area contributed by atoms with Crippen molar-refractivity contribution in [1.82, 2.24) is 4.72 Å². The van der Waals surface area contributed by atoms with Gasteiger partial charge in [0.05, 0.1) is 17.4 Å². The monoisotopic (exact) mass is 298 g/mol. The van der Waals surface area contributed by atoms with Crippen LogP contribution in [0.4, 0.5) is 0 Å². The van der Waals surface area contributed by atoms with Gasteiger partial charge in [0.2, 0.25) is 10.0 Å². The molecule has 1 rings (SSSR count). The highest BCUT2D eigenvalue weighted by molar-refractivity contribution is 7.98. The molecule has 0 radical (unpaired) electrons. The molecule has 0 fully saturated rings. The van der Waals surface area contributed by atoms with Gasteiger partial charge in [-0.2, -0.15) is 17.0 Å². The van der Waals surface area contributed by atoms with Gasteiger partial charge < -0.3 is 0 Å². The maximum absolute atomic E-state index is 11.9. The molecule has 6 heteroatoms. The van der Waals surface area contributed by atoms with E-state index in [1.807, 2.05) is 19.2 Å². The first-order valence-electron chi connectivity index (χ1n) is 5.92. The minimum atomic E-state index is -3.39. The van der Waals surface area contributed by atoms with Gasteiger partial charge in [0, 0.05) is 6.54 Å². The lowest BCUT2D eigenvalue weighted by atomic mass is 10.1. The van der Waals surface area contributed by atoms with Crippen LogP contribution in [0.15, 0.2) is 24.3 Å². The first-order valence-corrected chi connectivity index (χ1v) is 8.97. The minimum absolute atomic E-state index is 0.150. The standard InChI is InChI=1S/C13H18N2O2S2/c1-11(9-18-2)8-15-19(16,17)10-13-6-4-3-5-12(13)7-14/h3-6,11,15H,8-10H2,1-2H3. The Hall–Kier alpha value is -1.03. The number of thioether (sulfide) groups is 1. The first kappa shape index (κ1) is 16.0. The molecule has 0 aliphatic heterocycles. The highest BCUT2D eigenvalue weighted by atomic mass is 32.2. The van der Waals surface area contributed by atoms with Gasteiger partial charge in [-0.25, -0.2) is 13.1 Å². The van der Waals surface area contributed by atoms with Crippen LogP contribution in [0, 0.1) is 17.2 Å². The fraction of sp³-hybridized carbons (Fsp3) is 0.462. The van der Waals surface area contributed by atoms with E-state index in [0.29, 0.717) is 17.7 Å². The fourth-order valence-electron chi connectivity index (χ4n) is 1.62. The second-order valence-corrected chi connectivity index (χ2v) is 7.15. The molecule has 1 N–H and O–H groups in total. The number of hydrogen-bond donors (Lipinski definition) is 1. The van der Waals surface area contributed by atoms with Crippen molar-refractivity contribution in [2.75, 3.05) is 18.6 Å². The summed E-state index contributed by atoms with van der Waals surface area (Å²) in [6.07, 6.45) is 1.99. The maximum atomic E-state index is 11.9. The van der Waals surface area contributed by atoms with Gasteiger partial charge in [0.15, 0.2) is 0 Å². The van der Waals surface area contributed by atoms with E-state index in [1.165, 1.54) is 0 Å². The predicted octanol–water partition coefficient (Wildman–Crippen LogP) is 1.98. The third-order valence-corrected chi connectivity index (χ3v) is 4.79. The molecule has 0 amide bonds. The number of hydrogen-bond acceptors (Lipinski definition) is 4. The molecule has 104 valence electrons. The molecule has 0 aliphatic carbocycles. The zero-order chi connectivity index (χ0) is 14.3. The lowest BCUT2D eigenvalue weighted by Gasteiger charge is -2.12. The third-order valence-electron chi connectivity index (χ3n) is 2.59. The summed E-state index contributed by atoms with van der Waals surface area (Å²) in [5.74, 6) is 1.05. The van der Waals surface area contributed by atoms with E-state index in [1.54, 1.807) is 36.0 Å². The molecule has 1 atom stereocenters. The Balaban J connectivity index is 2.67. The summed E-state index contributed by atoms with van der Waals surface area (Å²) >= 11 is 1.69. The second-order valence-electron chi connectivity index (χ2n) is 4.44. The number of sulfonamides is 1. The fourth-order valence-corrected chi connectivity index (χ4v) is 3.61. The Labute approximate surface area is 119 Å². The molecule has 4 nitrogen and oxygen atoms in total. The van der Waals surface area contributed by atoms with Crippen LogP contribution in [0.3, 0.4) is 0 Å². The topological polar surface area (TPSA) is 70.0 Å².